The first-order valence-corrected chi connectivity index (χ1v) is 30.9. The van der Waals surface area contributed by atoms with E-state index in [9.17, 15) is 14.4 Å². The van der Waals surface area contributed by atoms with Gasteiger partial charge in [0.2, 0.25) is 0 Å². The van der Waals surface area contributed by atoms with Crippen LogP contribution in [0.25, 0.3) is 0 Å². The highest BCUT2D eigenvalue weighted by atomic mass is 16.6. The number of ether oxygens (including phenoxy) is 3. The molecule has 0 spiro atoms. The largest absolute Gasteiger partial charge is 0.462 e. The fourth-order valence-corrected chi connectivity index (χ4v) is 9.60. The quantitative estimate of drug-likeness (QED) is 0.0343. The molecule has 0 aromatic carbocycles. The van der Waals surface area contributed by atoms with E-state index in [-0.39, 0.29) is 31.1 Å². The van der Waals surface area contributed by atoms with Crippen molar-refractivity contribution >= 4 is 17.9 Å². The summed E-state index contributed by atoms with van der Waals surface area (Å²) < 4.78 is 16.9. The predicted octanol–water partition coefficient (Wildman–Crippen LogP) is 20.6. The molecule has 2 atom stereocenters. The van der Waals surface area contributed by atoms with E-state index in [1.807, 2.05) is 0 Å². The van der Waals surface area contributed by atoms with Gasteiger partial charge in [0.05, 0.1) is 0 Å². The number of unbranched alkanes of at least 4 members (excludes halogenated alkanes) is 43. The monoisotopic (exact) mass is 961 g/mol. The molecule has 0 radical (unpaired) electrons. The Morgan fingerprint density at radius 1 is 0.294 bits per heavy atom. The summed E-state index contributed by atoms with van der Waals surface area (Å²) in [6.45, 7) is 9.11. The standard InChI is InChI=1S/C62H120O6/c1-5-8-10-12-14-16-18-19-20-23-27-30-34-38-42-46-50-54-61(64)67-57-59(56-66-60(63)53-49-45-41-37-32-17-15-13-11-9-6-2)68-62(65)55-51-47-43-39-35-31-28-25-22-21-24-26-29-33-36-40-44-48-52-58(4)7-3/h58-59H,5-57H2,1-4H3/t58?,59-/m1/s1. The molecule has 0 aromatic rings. The van der Waals surface area contributed by atoms with Crippen molar-refractivity contribution in [2.75, 3.05) is 13.2 Å². The average molecular weight is 962 g/mol. The lowest BCUT2D eigenvalue weighted by Crippen LogP contribution is -2.30. The first kappa shape index (κ1) is 66.4. The third-order valence-corrected chi connectivity index (χ3v) is 14.7. The summed E-state index contributed by atoms with van der Waals surface area (Å²) in [5.74, 6) is 0.0774. The molecular formula is C62H120O6. The third kappa shape index (κ3) is 53.8. The van der Waals surface area contributed by atoms with Gasteiger partial charge in [0, 0.05) is 19.3 Å². The second-order valence-electron chi connectivity index (χ2n) is 21.6. The molecule has 0 heterocycles. The summed E-state index contributed by atoms with van der Waals surface area (Å²) in [6.07, 6.45) is 62.4. The third-order valence-electron chi connectivity index (χ3n) is 14.7. The van der Waals surface area contributed by atoms with Crippen molar-refractivity contribution in [3.63, 3.8) is 0 Å². The zero-order valence-corrected chi connectivity index (χ0v) is 46.6. The topological polar surface area (TPSA) is 78.9 Å². The normalized spacial score (nSPS) is 12.4. The summed E-state index contributed by atoms with van der Waals surface area (Å²) in [6, 6.07) is 0. The van der Waals surface area contributed by atoms with Crippen molar-refractivity contribution in [2.24, 2.45) is 5.92 Å². The fraction of sp³-hybridized carbons (Fsp3) is 0.952. The number of rotatable bonds is 57. The predicted molar refractivity (Wildman–Crippen MR) is 293 cm³/mol. The van der Waals surface area contributed by atoms with E-state index in [0.29, 0.717) is 19.3 Å². The van der Waals surface area contributed by atoms with E-state index >= 15 is 0 Å². The van der Waals surface area contributed by atoms with Gasteiger partial charge in [-0.2, -0.15) is 0 Å². The van der Waals surface area contributed by atoms with Crippen LogP contribution >= 0.6 is 0 Å². The van der Waals surface area contributed by atoms with Gasteiger partial charge in [0.1, 0.15) is 13.2 Å². The van der Waals surface area contributed by atoms with Crippen LogP contribution in [0, 0.1) is 5.92 Å². The second kappa shape index (κ2) is 56.3. The first-order chi connectivity index (χ1) is 33.4. The molecule has 0 rings (SSSR count). The zero-order chi connectivity index (χ0) is 49.5. The van der Waals surface area contributed by atoms with Crippen molar-refractivity contribution in [3.8, 4) is 0 Å². The van der Waals surface area contributed by atoms with Gasteiger partial charge in [-0.05, 0) is 25.2 Å². The number of carbonyl (C=O) groups is 3. The van der Waals surface area contributed by atoms with Crippen LogP contribution in [0.4, 0.5) is 0 Å². The number of carbonyl (C=O) groups excluding carboxylic acids is 3. The summed E-state index contributed by atoms with van der Waals surface area (Å²) in [5.41, 5.74) is 0. The van der Waals surface area contributed by atoms with Gasteiger partial charge >= 0.3 is 17.9 Å². The van der Waals surface area contributed by atoms with Gasteiger partial charge in [-0.15, -0.1) is 0 Å². The second-order valence-corrected chi connectivity index (χ2v) is 21.6. The maximum Gasteiger partial charge on any atom is 0.306 e. The molecule has 1 unspecified atom stereocenters. The van der Waals surface area contributed by atoms with Gasteiger partial charge in [0.25, 0.3) is 0 Å². The molecule has 68 heavy (non-hydrogen) atoms. The van der Waals surface area contributed by atoms with Crippen LogP contribution in [-0.2, 0) is 28.6 Å². The molecule has 0 saturated carbocycles. The van der Waals surface area contributed by atoms with Crippen molar-refractivity contribution in [1.82, 2.24) is 0 Å². The molecule has 404 valence electrons. The minimum Gasteiger partial charge on any atom is -0.462 e. The Balaban J connectivity index is 4.22. The molecule has 0 fully saturated rings. The smallest absolute Gasteiger partial charge is 0.306 e. The Hall–Kier alpha value is -1.59. The average Bonchev–Trinajstić information content (AvgIpc) is 3.34. The van der Waals surface area contributed by atoms with Crippen LogP contribution in [0.5, 0.6) is 0 Å². The van der Waals surface area contributed by atoms with Crippen molar-refractivity contribution in [2.45, 2.75) is 361 Å². The van der Waals surface area contributed by atoms with E-state index in [1.165, 1.54) is 250 Å². The molecule has 0 aliphatic heterocycles. The minimum atomic E-state index is -0.762. The van der Waals surface area contributed by atoms with E-state index in [0.717, 1.165) is 63.7 Å². The molecule has 6 nitrogen and oxygen atoms in total. The first-order valence-electron chi connectivity index (χ1n) is 30.9. The van der Waals surface area contributed by atoms with E-state index in [1.54, 1.807) is 0 Å². The molecule has 6 heteroatoms. The van der Waals surface area contributed by atoms with Crippen molar-refractivity contribution in [3.05, 3.63) is 0 Å². The molecule has 0 bridgehead atoms. The minimum absolute atomic E-state index is 0.0614. The van der Waals surface area contributed by atoms with E-state index in [2.05, 4.69) is 27.7 Å². The van der Waals surface area contributed by atoms with Crippen molar-refractivity contribution < 1.29 is 28.6 Å². The highest BCUT2D eigenvalue weighted by molar-refractivity contribution is 5.71. The highest BCUT2D eigenvalue weighted by Gasteiger charge is 2.19. The summed E-state index contributed by atoms with van der Waals surface area (Å²) in [7, 11) is 0. The van der Waals surface area contributed by atoms with Gasteiger partial charge in [-0.1, -0.05) is 317 Å². The van der Waals surface area contributed by atoms with Crippen molar-refractivity contribution in [1.29, 1.82) is 0 Å². The Morgan fingerprint density at radius 2 is 0.515 bits per heavy atom. The van der Waals surface area contributed by atoms with Crippen LogP contribution in [-0.4, -0.2) is 37.2 Å². The highest BCUT2D eigenvalue weighted by Crippen LogP contribution is 2.19. The van der Waals surface area contributed by atoms with Gasteiger partial charge in [0.15, 0.2) is 6.10 Å². The number of hydrogen-bond acceptors (Lipinski definition) is 6. The summed E-state index contributed by atoms with van der Waals surface area (Å²) in [5, 5.41) is 0. The van der Waals surface area contributed by atoms with Gasteiger partial charge in [-0.3, -0.25) is 14.4 Å². The lowest BCUT2D eigenvalue weighted by atomic mass is 9.99. The maximum absolute atomic E-state index is 12.9. The fourth-order valence-electron chi connectivity index (χ4n) is 9.60. The summed E-state index contributed by atoms with van der Waals surface area (Å²) >= 11 is 0. The van der Waals surface area contributed by atoms with Crippen LogP contribution in [0.15, 0.2) is 0 Å². The Labute approximate surface area is 425 Å². The molecule has 0 amide bonds. The molecule has 0 aliphatic rings. The van der Waals surface area contributed by atoms with E-state index < -0.39 is 6.10 Å². The van der Waals surface area contributed by atoms with Gasteiger partial charge in [-0.25, -0.2) is 0 Å². The zero-order valence-electron chi connectivity index (χ0n) is 46.6. The Morgan fingerprint density at radius 3 is 0.765 bits per heavy atom. The molecule has 0 saturated heterocycles. The van der Waals surface area contributed by atoms with E-state index in [4.69, 9.17) is 14.2 Å². The number of esters is 3. The summed E-state index contributed by atoms with van der Waals surface area (Å²) in [4.78, 5) is 38.2. The molecule has 0 aromatic heterocycles. The lowest BCUT2D eigenvalue weighted by molar-refractivity contribution is -0.167. The molecule has 0 aliphatic carbocycles. The van der Waals surface area contributed by atoms with Crippen LogP contribution < -0.4 is 0 Å². The van der Waals surface area contributed by atoms with Gasteiger partial charge < -0.3 is 14.2 Å². The van der Waals surface area contributed by atoms with Crippen LogP contribution in [0.1, 0.15) is 355 Å². The van der Waals surface area contributed by atoms with Crippen LogP contribution in [0.2, 0.25) is 0 Å². The molecule has 0 N–H and O–H groups in total. The van der Waals surface area contributed by atoms with Crippen LogP contribution in [0.3, 0.4) is 0 Å². The Kier molecular flexibility index (Phi) is 55.0. The number of hydrogen-bond donors (Lipinski definition) is 0. The Bertz CT molecular complexity index is 1030. The molecular weight excluding hydrogens is 841 g/mol. The lowest BCUT2D eigenvalue weighted by Gasteiger charge is -2.18. The SMILES string of the molecule is CCCCCCCCCCCCCCCCCCCC(=O)OC[C@@H](COC(=O)CCCCCCCCCCCCC)OC(=O)CCCCCCCCCCCCCCCCCCCCC(C)CC. The maximum atomic E-state index is 12.9.